The van der Waals surface area contributed by atoms with Crippen molar-refractivity contribution in [1.82, 2.24) is 0 Å². The van der Waals surface area contributed by atoms with Crippen LogP contribution in [0.25, 0.3) is 0 Å². The summed E-state index contributed by atoms with van der Waals surface area (Å²) in [5.74, 6) is -4.16. The summed E-state index contributed by atoms with van der Waals surface area (Å²) >= 11 is 0. The molecule has 1 aliphatic rings. The summed E-state index contributed by atoms with van der Waals surface area (Å²) < 4.78 is 0. The molecule has 0 amide bonds. The number of carbonyl (C=O) groups is 3. The van der Waals surface area contributed by atoms with Gasteiger partial charge in [-0.2, -0.15) is 0 Å². The maximum absolute atomic E-state index is 14.0. The van der Waals surface area contributed by atoms with E-state index in [0.29, 0.717) is 19.3 Å². The number of rotatable bonds is 7. The van der Waals surface area contributed by atoms with Gasteiger partial charge in [-0.25, -0.2) is 0 Å². The lowest BCUT2D eigenvalue weighted by Crippen LogP contribution is -2.44. The third kappa shape index (κ3) is 5.27. The van der Waals surface area contributed by atoms with Gasteiger partial charge in [0.1, 0.15) is 11.6 Å². The first kappa shape index (κ1) is 26.8. The van der Waals surface area contributed by atoms with Gasteiger partial charge in [-0.05, 0) is 87.8 Å². The number of carboxylic acid groups (broad SMARTS) is 1. The molecule has 1 aliphatic carbocycles. The van der Waals surface area contributed by atoms with Crippen LogP contribution in [0.1, 0.15) is 89.5 Å². The van der Waals surface area contributed by atoms with Crippen LogP contribution in [-0.4, -0.2) is 22.6 Å². The highest BCUT2D eigenvalue weighted by atomic mass is 16.4. The minimum atomic E-state index is -0.972. The van der Waals surface area contributed by atoms with Gasteiger partial charge in [0.2, 0.25) is 0 Å². The number of benzene rings is 2. The Morgan fingerprint density at radius 2 is 1.06 bits per heavy atom. The van der Waals surface area contributed by atoms with Crippen molar-refractivity contribution in [3.8, 4) is 0 Å². The van der Waals surface area contributed by atoms with Crippen LogP contribution in [0.2, 0.25) is 0 Å². The maximum Gasteiger partial charge on any atom is 0.307 e. The number of aryl methyl sites for hydroxylation is 6. The van der Waals surface area contributed by atoms with Gasteiger partial charge in [0.05, 0.1) is 5.92 Å². The number of carboxylic acids is 1. The molecule has 0 aromatic heterocycles. The van der Waals surface area contributed by atoms with Gasteiger partial charge < -0.3 is 5.11 Å². The molecule has 4 heteroatoms. The summed E-state index contributed by atoms with van der Waals surface area (Å²) in [7, 11) is 0. The van der Waals surface area contributed by atoms with Crippen LogP contribution < -0.4 is 0 Å². The van der Waals surface area contributed by atoms with E-state index in [4.69, 9.17) is 0 Å². The minimum Gasteiger partial charge on any atom is -0.481 e. The lowest BCUT2D eigenvalue weighted by molar-refractivity contribution is -0.152. The molecule has 0 spiro atoms. The van der Waals surface area contributed by atoms with E-state index < -0.39 is 29.6 Å². The van der Waals surface area contributed by atoms with Gasteiger partial charge in [-0.15, -0.1) is 0 Å². The zero-order chi connectivity index (χ0) is 26.2. The Morgan fingerprint density at radius 1 is 0.686 bits per heavy atom. The third-order valence-corrected chi connectivity index (χ3v) is 8.10. The maximum atomic E-state index is 14.0. The molecule has 0 aliphatic heterocycles. The lowest BCUT2D eigenvalue weighted by Gasteiger charge is -2.37. The van der Waals surface area contributed by atoms with Crippen molar-refractivity contribution in [2.45, 2.75) is 86.5 Å². The molecule has 5 unspecified atom stereocenters. The zero-order valence-electron chi connectivity index (χ0n) is 22.5. The highest BCUT2D eigenvalue weighted by molar-refractivity contribution is 5.98. The first-order chi connectivity index (χ1) is 16.3. The highest BCUT2D eigenvalue weighted by Crippen LogP contribution is 2.43. The van der Waals surface area contributed by atoms with E-state index in [1.54, 1.807) is 0 Å². The molecule has 0 bridgehead atoms. The molecule has 188 valence electrons. The van der Waals surface area contributed by atoms with Gasteiger partial charge in [-0.1, -0.05) is 55.7 Å². The fourth-order valence-electron chi connectivity index (χ4n) is 6.83. The summed E-state index contributed by atoms with van der Waals surface area (Å²) in [4.78, 5) is 40.3. The number of hydrogen-bond acceptors (Lipinski definition) is 3. The number of carbonyl (C=O) groups excluding carboxylic acids is 2. The number of aliphatic carboxylic acids is 1. The number of Topliss-reactive ketones (excluding diaryl/α,β-unsaturated/α-hetero) is 2. The molecule has 1 fully saturated rings. The third-order valence-electron chi connectivity index (χ3n) is 8.10. The largest absolute Gasteiger partial charge is 0.481 e. The van der Waals surface area contributed by atoms with Crippen molar-refractivity contribution in [2.75, 3.05) is 0 Å². The molecule has 1 N–H and O–H groups in total. The molecule has 0 saturated heterocycles. The van der Waals surface area contributed by atoms with E-state index in [1.807, 2.05) is 55.4 Å². The van der Waals surface area contributed by atoms with E-state index in [-0.39, 0.29) is 17.5 Å². The fraction of sp³-hybridized carbons (Fsp3) is 0.516. The first-order valence-electron chi connectivity index (χ1n) is 12.8. The molecule has 35 heavy (non-hydrogen) atoms. The van der Waals surface area contributed by atoms with Crippen molar-refractivity contribution in [2.24, 2.45) is 17.8 Å². The van der Waals surface area contributed by atoms with Crippen LogP contribution in [0.3, 0.4) is 0 Å². The molecular weight excluding hydrogens is 436 g/mol. The van der Waals surface area contributed by atoms with Crippen molar-refractivity contribution < 1.29 is 19.5 Å². The van der Waals surface area contributed by atoms with Crippen LogP contribution >= 0.6 is 0 Å². The molecule has 2 aromatic carbocycles. The topological polar surface area (TPSA) is 71.4 Å². The average molecular weight is 477 g/mol. The Labute approximate surface area is 210 Å². The number of hydrogen-bond donors (Lipinski definition) is 1. The number of ketones is 2. The van der Waals surface area contributed by atoms with Crippen LogP contribution in [-0.2, 0) is 14.4 Å². The predicted molar refractivity (Wildman–Crippen MR) is 140 cm³/mol. The Bertz CT molecular complexity index is 1110. The summed E-state index contributed by atoms with van der Waals surface area (Å²) in [5, 5.41) is 10.1. The second kappa shape index (κ2) is 10.5. The van der Waals surface area contributed by atoms with E-state index >= 15 is 0 Å². The van der Waals surface area contributed by atoms with Gasteiger partial charge in [0, 0.05) is 23.7 Å². The van der Waals surface area contributed by atoms with Crippen LogP contribution in [0, 0.1) is 59.3 Å². The second-order valence-corrected chi connectivity index (χ2v) is 10.9. The van der Waals surface area contributed by atoms with Crippen molar-refractivity contribution in [1.29, 1.82) is 0 Å². The smallest absolute Gasteiger partial charge is 0.307 e. The van der Waals surface area contributed by atoms with E-state index in [0.717, 1.165) is 44.5 Å². The molecule has 2 aromatic rings. The fourth-order valence-corrected chi connectivity index (χ4v) is 6.83. The molecule has 1 saturated carbocycles. The lowest BCUT2D eigenvalue weighted by atomic mass is 9.63. The Hall–Kier alpha value is -2.75. The van der Waals surface area contributed by atoms with E-state index in [2.05, 4.69) is 24.3 Å². The van der Waals surface area contributed by atoms with Crippen molar-refractivity contribution in [3.05, 3.63) is 68.8 Å². The molecule has 3 rings (SSSR count). The van der Waals surface area contributed by atoms with Crippen molar-refractivity contribution in [3.63, 3.8) is 0 Å². The standard InChI is InChI=1S/C31H40O4/c1-16-12-18(3)26(19(4)13-16)22(7)29(32)24-10-9-11-25(31(34)35)28(24)30(33)23(8)27-20(5)14-17(2)15-21(27)6/h12-15,22-25,28H,9-11H2,1-8H3,(H,34,35). The van der Waals surface area contributed by atoms with E-state index in [9.17, 15) is 19.5 Å². The monoisotopic (exact) mass is 476 g/mol. The Balaban J connectivity index is 2.03. The summed E-state index contributed by atoms with van der Waals surface area (Å²) in [6.07, 6.45) is 1.64. The average Bonchev–Trinajstić information content (AvgIpc) is 2.75. The Morgan fingerprint density at radius 3 is 1.46 bits per heavy atom. The molecule has 0 radical (unpaired) electrons. The van der Waals surface area contributed by atoms with Gasteiger partial charge >= 0.3 is 5.97 Å². The second-order valence-electron chi connectivity index (χ2n) is 10.9. The quantitative estimate of drug-likeness (QED) is 0.483. The summed E-state index contributed by atoms with van der Waals surface area (Å²) in [6, 6.07) is 8.30. The van der Waals surface area contributed by atoms with Gasteiger partial charge in [0.25, 0.3) is 0 Å². The van der Waals surface area contributed by atoms with Crippen LogP contribution in [0.5, 0.6) is 0 Å². The molecule has 0 heterocycles. The molecule has 5 atom stereocenters. The van der Waals surface area contributed by atoms with Gasteiger partial charge in [-0.3, -0.25) is 14.4 Å². The summed E-state index contributed by atoms with van der Waals surface area (Å²) in [6.45, 7) is 15.9. The Kier molecular flexibility index (Phi) is 8.03. The van der Waals surface area contributed by atoms with Gasteiger partial charge in [0.15, 0.2) is 0 Å². The molecular formula is C31H40O4. The normalized spacial score (nSPS) is 21.9. The molecule has 4 nitrogen and oxygen atoms in total. The predicted octanol–water partition coefficient (Wildman–Crippen LogP) is 6.70. The zero-order valence-corrected chi connectivity index (χ0v) is 22.5. The van der Waals surface area contributed by atoms with E-state index in [1.165, 1.54) is 0 Å². The van der Waals surface area contributed by atoms with Crippen LogP contribution in [0.15, 0.2) is 24.3 Å². The highest BCUT2D eigenvalue weighted by Gasteiger charge is 2.47. The summed E-state index contributed by atoms with van der Waals surface area (Å²) in [5.41, 5.74) is 8.45. The van der Waals surface area contributed by atoms with Crippen molar-refractivity contribution >= 4 is 17.5 Å². The minimum absolute atomic E-state index is 0.00565. The first-order valence-corrected chi connectivity index (χ1v) is 12.8. The SMILES string of the molecule is Cc1cc(C)c(C(C)C(=O)C2CCCC(C(=O)O)C2C(=O)C(C)c2c(C)cc(C)cc2C)c(C)c1. The van der Waals surface area contributed by atoms with Crippen LogP contribution in [0.4, 0.5) is 0 Å².